The minimum atomic E-state index is -0.599. The van der Waals surface area contributed by atoms with Crippen LogP contribution in [0.1, 0.15) is 47.5 Å². The molecule has 3 nitrogen and oxygen atoms in total. The van der Waals surface area contributed by atoms with Crippen molar-refractivity contribution in [3.63, 3.8) is 0 Å². The third kappa shape index (κ3) is 6.11. The number of hydrogen-bond donors (Lipinski definition) is 0. The van der Waals surface area contributed by atoms with Crippen molar-refractivity contribution in [2.75, 3.05) is 6.61 Å². The van der Waals surface area contributed by atoms with E-state index in [9.17, 15) is 9.59 Å². The third-order valence-electron chi connectivity index (χ3n) is 2.23. The largest absolute Gasteiger partial charge is 0.466 e. The molecule has 94 valence electrons. The third-order valence-corrected chi connectivity index (χ3v) is 2.36. The maximum Gasteiger partial charge on any atom is 0.313 e. The van der Waals surface area contributed by atoms with Gasteiger partial charge in [0.15, 0.2) is 0 Å². The van der Waals surface area contributed by atoms with Crippen LogP contribution < -0.4 is 0 Å². The highest BCUT2D eigenvalue weighted by Crippen LogP contribution is 2.33. The van der Waals surface area contributed by atoms with Crippen molar-refractivity contribution in [2.24, 2.45) is 5.41 Å². The van der Waals surface area contributed by atoms with Gasteiger partial charge in [0.1, 0.15) is 12.2 Å². The molecule has 16 heavy (non-hydrogen) atoms. The van der Waals surface area contributed by atoms with Crippen LogP contribution in [0.2, 0.25) is 0 Å². The molecular formula is C12H21ClO3. The predicted octanol–water partition coefficient (Wildman–Crippen LogP) is 2.94. The average molecular weight is 249 g/mol. The monoisotopic (exact) mass is 248 g/mol. The molecule has 0 saturated carbocycles. The Morgan fingerprint density at radius 1 is 1.19 bits per heavy atom. The van der Waals surface area contributed by atoms with Crippen LogP contribution in [0.5, 0.6) is 0 Å². The highest BCUT2D eigenvalue weighted by atomic mass is 35.5. The summed E-state index contributed by atoms with van der Waals surface area (Å²) < 4.78 is 4.75. The van der Waals surface area contributed by atoms with Crippen molar-refractivity contribution >= 4 is 23.4 Å². The molecule has 0 aromatic heterocycles. The van der Waals surface area contributed by atoms with E-state index in [1.807, 2.05) is 13.8 Å². The van der Waals surface area contributed by atoms with Gasteiger partial charge in [-0.3, -0.25) is 9.59 Å². The maximum absolute atomic E-state index is 11.9. The molecule has 0 unspecified atom stereocenters. The fourth-order valence-electron chi connectivity index (χ4n) is 1.73. The summed E-state index contributed by atoms with van der Waals surface area (Å²) in [6.07, 6.45) is 0.355. The summed E-state index contributed by atoms with van der Waals surface area (Å²) in [6, 6.07) is 0. The van der Waals surface area contributed by atoms with Gasteiger partial charge in [-0.15, -0.1) is 11.6 Å². The number of alkyl halides is 1. The average Bonchev–Trinajstić information content (AvgIpc) is 1.99. The van der Waals surface area contributed by atoms with E-state index in [1.165, 1.54) is 0 Å². The molecule has 0 aromatic carbocycles. The van der Waals surface area contributed by atoms with Crippen LogP contribution in [-0.2, 0) is 14.3 Å². The number of carbonyl (C=O) groups excluding carboxylic acids is 2. The molecule has 0 aliphatic rings. The molecule has 4 heteroatoms. The summed E-state index contributed by atoms with van der Waals surface area (Å²) >= 11 is 6.09. The fraction of sp³-hybridized carbons (Fsp3) is 0.833. The number of halogens is 1. The van der Waals surface area contributed by atoms with Crippen molar-refractivity contribution in [1.82, 2.24) is 0 Å². The van der Waals surface area contributed by atoms with Crippen LogP contribution in [0, 0.1) is 5.41 Å². The number of Topliss-reactive ketones (excluding diaryl/α,β-unsaturated/α-hetero) is 1. The highest BCUT2D eigenvalue weighted by molar-refractivity contribution is 6.23. The van der Waals surface area contributed by atoms with Gasteiger partial charge >= 0.3 is 5.97 Å². The summed E-state index contributed by atoms with van der Waals surface area (Å²) in [7, 11) is 0. The van der Waals surface area contributed by atoms with E-state index in [0.717, 1.165) is 0 Å². The number of carbonyl (C=O) groups is 2. The van der Waals surface area contributed by atoms with Crippen LogP contribution >= 0.6 is 11.6 Å². The summed E-state index contributed by atoms with van der Waals surface area (Å²) in [5.74, 6) is -0.590. The molecule has 0 rings (SSSR count). The Labute approximate surface area is 102 Å². The zero-order valence-electron chi connectivity index (χ0n) is 10.7. The number of rotatable bonds is 6. The zero-order chi connectivity index (χ0) is 13.0. The van der Waals surface area contributed by atoms with Gasteiger partial charge in [0.05, 0.1) is 6.61 Å². The van der Waals surface area contributed by atoms with E-state index in [-0.39, 0.29) is 12.2 Å². The Bertz CT molecular complexity index is 264. The van der Waals surface area contributed by atoms with Crippen molar-refractivity contribution in [3.8, 4) is 0 Å². The first kappa shape index (κ1) is 15.4. The number of ether oxygens (including phenoxy) is 1. The van der Waals surface area contributed by atoms with Gasteiger partial charge in [-0.1, -0.05) is 13.8 Å². The smallest absolute Gasteiger partial charge is 0.313 e. The van der Waals surface area contributed by atoms with Gasteiger partial charge in [0.25, 0.3) is 0 Å². The lowest BCUT2D eigenvalue weighted by Crippen LogP contribution is -2.32. The standard InChI is InChI=1S/C12H21ClO3/c1-6-16-10(15)7-9(14)11(2,3)8-12(4,5)13/h6-8H2,1-5H3. The Kier molecular flexibility index (Phi) is 5.47. The lowest BCUT2D eigenvalue weighted by molar-refractivity contribution is -0.147. The molecule has 0 aromatic rings. The van der Waals surface area contributed by atoms with Crippen molar-refractivity contribution in [2.45, 2.75) is 52.3 Å². The summed E-state index contributed by atoms with van der Waals surface area (Å²) in [6.45, 7) is 9.34. The zero-order valence-corrected chi connectivity index (χ0v) is 11.5. The lowest BCUT2D eigenvalue weighted by atomic mass is 9.79. The topological polar surface area (TPSA) is 43.4 Å². The normalized spacial score (nSPS) is 12.4. The van der Waals surface area contributed by atoms with E-state index < -0.39 is 16.3 Å². The second kappa shape index (κ2) is 5.67. The molecule has 0 bridgehead atoms. The van der Waals surface area contributed by atoms with E-state index in [4.69, 9.17) is 16.3 Å². The Morgan fingerprint density at radius 2 is 1.69 bits per heavy atom. The van der Waals surface area contributed by atoms with Crippen LogP contribution in [0.15, 0.2) is 0 Å². The molecule has 0 spiro atoms. The molecule has 0 amide bonds. The van der Waals surface area contributed by atoms with Crippen molar-refractivity contribution in [3.05, 3.63) is 0 Å². The summed E-state index contributed by atoms with van der Waals surface area (Å²) in [4.78, 5) is 22.6. The van der Waals surface area contributed by atoms with Crippen LogP contribution in [0.4, 0.5) is 0 Å². The predicted molar refractivity (Wildman–Crippen MR) is 64.6 cm³/mol. The lowest BCUT2D eigenvalue weighted by Gasteiger charge is -2.29. The highest BCUT2D eigenvalue weighted by Gasteiger charge is 2.34. The van der Waals surface area contributed by atoms with Crippen LogP contribution in [-0.4, -0.2) is 23.2 Å². The van der Waals surface area contributed by atoms with Crippen molar-refractivity contribution in [1.29, 1.82) is 0 Å². The number of hydrogen-bond acceptors (Lipinski definition) is 3. The van der Waals surface area contributed by atoms with Crippen LogP contribution in [0.3, 0.4) is 0 Å². The first-order valence-electron chi connectivity index (χ1n) is 5.46. The number of esters is 1. The van der Waals surface area contributed by atoms with Gasteiger partial charge in [-0.05, 0) is 27.2 Å². The number of ketones is 1. The van der Waals surface area contributed by atoms with Crippen LogP contribution in [0.25, 0.3) is 0 Å². The summed E-state index contributed by atoms with van der Waals surface area (Å²) in [5, 5.41) is 0. The second-order valence-electron chi connectivity index (χ2n) is 5.18. The molecule has 0 atom stereocenters. The summed E-state index contributed by atoms with van der Waals surface area (Å²) in [5.41, 5.74) is -0.599. The Balaban J connectivity index is 4.41. The fourth-order valence-corrected chi connectivity index (χ4v) is 2.07. The van der Waals surface area contributed by atoms with Gasteiger partial charge < -0.3 is 4.74 Å². The van der Waals surface area contributed by atoms with Gasteiger partial charge in [0.2, 0.25) is 0 Å². The first-order chi connectivity index (χ1) is 7.08. The van der Waals surface area contributed by atoms with Gasteiger partial charge in [-0.2, -0.15) is 0 Å². The molecule has 0 fully saturated rings. The molecular weight excluding hydrogens is 228 g/mol. The molecule has 0 N–H and O–H groups in total. The maximum atomic E-state index is 11.9. The van der Waals surface area contributed by atoms with E-state index in [2.05, 4.69) is 0 Å². The van der Waals surface area contributed by atoms with E-state index >= 15 is 0 Å². The van der Waals surface area contributed by atoms with Gasteiger partial charge in [-0.25, -0.2) is 0 Å². The SMILES string of the molecule is CCOC(=O)CC(=O)C(C)(C)CC(C)(C)Cl. The molecule has 0 aliphatic heterocycles. The molecule has 0 aliphatic carbocycles. The van der Waals surface area contributed by atoms with E-state index in [1.54, 1.807) is 20.8 Å². The van der Waals surface area contributed by atoms with Gasteiger partial charge in [0, 0.05) is 10.3 Å². The molecule has 0 saturated heterocycles. The first-order valence-corrected chi connectivity index (χ1v) is 5.84. The molecule has 0 heterocycles. The second-order valence-corrected chi connectivity index (χ2v) is 6.21. The Morgan fingerprint density at radius 3 is 2.06 bits per heavy atom. The minimum absolute atomic E-state index is 0.125. The Hall–Kier alpha value is -0.570. The van der Waals surface area contributed by atoms with Crippen molar-refractivity contribution < 1.29 is 14.3 Å². The quantitative estimate of drug-likeness (QED) is 0.412. The molecule has 0 radical (unpaired) electrons. The minimum Gasteiger partial charge on any atom is -0.466 e. The van der Waals surface area contributed by atoms with E-state index in [0.29, 0.717) is 13.0 Å².